The summed E-state index contributed by atoms with van der Waals surface area (Å²) < 4.78 is 10.7. The Balaban J connectivity index is 1.77. The lowest BCUT2D eigenvalue weighted by Crippen LogP contribution is -2.42. The number of aryl methyl sites for hydroxylation is 1. The number of hydrogen-bond acceptors (Lipinski definition) is 6. The van der Waals surface area contributed by atoms with Gasteiger partial charge in [0.25, 0.3) is 11.7 Å². The van der Waals surface area contributed by atoms with E-state index in [1.165, 1.54) is 0 Å². The van der Waals surface area contributed by atoms with Crippen molar-refractivity contribution >= 4 is 17.4 Å². The van der Waals surface area contributed by atoms with E-state index in [2.05, 4.69) is 25.7 Å². The third-order valence-electron chi connectivity index (χ3n) is 7.08. The van der Waals surface area contributed by atoms with Crippen molar-refractivity contribution < 1.29 is 24.2 Å². The number of rotatable bonds is 6. The summed E-state index contributed by atoms with van der Waals surface area (Å²) >= 11 is 0. The van der Waals surface area contributed by atoms with Gasteiger partial charge in [0.05, 0.1) is 31.9 Å². The molecule has 2 aliphatic rings. The van der Waals surface area contributed by atoms with Gasteiger partial charge in [-0.1, -0.05) is 45.0 Å². The Morgan fingerprint density at radius 2 is 1.72 bits per heavy atom. The molecule has 0 radical (unpaired) electrons. The molecule has 0 aliphatic carbocycles. The first-order valence-corrected chi connectivity index (χ1v) is 12.5. The molecule has 0 saturated carbocycles. The maximum Gasteiger partial charge on any atom is 0.295 e. The number of Topliss-reactive ketones (excluding diaryl/α,β-unsaturated/α-hetero) is 1. The number of carbonyl (C=O) groups excluding carboxylic acids is 2. The first-order chi connectivity index (χ1) is 17.1. The lowest BCUT2D eigenvalue weighted by atomic mass is 9.85. The number of morpholine rings is 1. The third kappa shape index (κ3) is 5.18. The molecule has 192 valence electrons. The molecule has 2 fully saturated rings. The minimum Gasteiger partial charge on any atom is -0.507 e. The van der Waals surface area contributed by atoms with Crippen molar-refractivity contribution in [1.82, 2.24) is 9.80 Å². The molecule has 1 amide bonds. The van der Waals surface area contributed by atoms with Crippen LogP contribution in [-0.2, 0) is 19.7 Å². The van der Waals surface area contributed by atoms with E-state index < -0.39 is 17.7 Å². The zero-order chi connectivity index (χ0) is 26.0. The zero-order valence-corrected chi connectivity index (χ0v) is 21.8. The molecule has 4 rings (SSSR count). The van der Waals surface area contributed by atoms with Crippen LogP contribution >= 0.6 is 0 Å². The van der Waals surface area contributed by atoms with Gasteiger partial charge in [-0.2, -0.15) is 0 Å². The molecule has 0 bridgehead atoms. The van der Waals surface area contributed by atoms with Gasteiger partial charge in [0.1, 0.15) is 11.5 Å². The predicted octanol–water partition coefficient (Wildman–Crippen LogP) is 4.06. The van der Waals surface area contributed by atoms with Gasteiger partial charge in [0.15, 0.2) is 0 Å². The summed E-state index contributed by atoms with van der Waals surface area (Å²) in [6.07, 6.45) is 0. The van der Waals surface area contributed by atoms with Gasteiger partial charge in [-0.3, -0.25) is 14.5 Å². The molecule has 0 unspecified atom stereocenters. The van der Waals surface area contributed by atoms with Crippen molar-refractivity contribution in [1.29, 1.82) is 0 Å². The maximum absolute atomic E-state index is 13.4. The Labute approximate surface area is 213 Å². The van der Waals surface area contributed by atoms with Crippen molar-refractivity contribution in [2.45, 2.75) is 39.2 Å². The number of methoxy groups -OCH3 is 1. The summed E-state index contributed by atoms with van der Waals surface area (Å²) in [4.78, 5) is 30.5. The third-order valence-corrected chi connectivity index (χ3v) is 7.08. The van der Waals surface area contributed by atoms with Crippen molar-refractivity contribution in [3.63, 3.8) is 0 Å². The van der Waals surface area contributed by atoms with Gasteiger partial charge in [-0.15, -0.1) is 0 Å². The van der Waals surface area contributed by atoms with Crippen LogP contribution in [0, 0.1) is 6.92 Å². The summed E-state index contributed by atoms with van der Waals surface area (Å²) in [6.45, 7) is 12.2. The summed E-state index contributed by atoms with van der Waals surface area (Å²) in [7, 11) is 1.58. The van der Waals surface area contributed by atoms with E-state index in [1.807, 2.05) is 31.2 Å². The fourth-order valence-electron chi connectivity index (χ4n) is 4.87. The Bertz CT molecular complexity index is 1160. The maximum atomic E-state index is 13.4. The lowest BCUT2D eigenvalue weighted by Gasteiger charge is -2.31. The van der Waals surface area contributed by atoms with E-state index in [-0.39, 0.29) is 16.7 Å². The van der Waals surface area contributed by atoms with Crippen molar-refractivity contribution in [2.75, 3.05) is 46.5 Å². The van der Waals surface area contributed by atoms with Crippen LogP contribution in [0.1, 0.15) is 49.1 Å². The van der Waals surface area contributed by atoms with Crippen LogP contribution in [-0.4, -0.2) is 73.1 Å². The van der Waals surface area contributed by atoms with Crippen LogP contribution < -0.4 is 4.74 Å². The zero-order valence-electron chi connectivity index (χ0n) is 21.8. The van der Waals surface area contributed by atoms with Crippen LogP contribution in [0.25, 0.3) is 5.76 Å². The molecule has 0 spiro atoms. The Morgan fingerprint density at radius 1 is 1.06 bits per heavy atom. The molecule has 2 aromatic rings. The smallest absolute Gasteiger partial charge is 0.295 e. The van der Waals surface area contributed by atoms with Crippen LogP contribution in [0.15, 0.2) is 48.0 Å². The monoisotopic (exact) mass is 492 g/mol. The SMILES string of the molecule is COc1ccc(/C(O)=C2\C(=O)C(=O)N(CCN3CCOCC3)[C@H]2c2ccc(C(C)(C)C)cc2)c(C)c1. The topological polar surface area (TPSA) is 79.3 Å². The normalized spacial score (nSPS) is 20.7. The molecule has 2 saturated heterocycles. The van der Waals surface area contributed by atoms with Crippen LogP contribution in [0.3, 0.4) is 0 Å². The van der Waals surface area contributed by atoms with Gasteiger partial charge in [0.2, 0.25) is 0 Å². The van der Waals surface area contributed by atoms with Gasteiger partial charge in [-0.25, -0.2) is 0 Å². The number of ketones is 1. The van der Waals surface area contributed by atoms with Crippen molar-refractivity contribution in [3.05, 3.63) is 70.3 Å². The van der Waals surface area contributed by atoms with E-state index in [9.17, 15) is 14.7 Å². The quantitative estimate of drug-likeness (QED) is 0.372. The fraction of sp³-hybridized carbons (Fsp3) is 0.448. The van der Waals surface area contributed by atoms with Crippen LogP contribution in [0.4, 0.5) is 0 Å². The van der Waals surface area contributed by atoms with Gasteiger partial charge >= 0.3 is 0 Å². The van der Waals surface area contributed by atoms with E-state index in [1.54, 1.807) is 30.2 Å². The molecule has 2 aliphatic heterocycles. The van der Waals surface area contributed by atoms with E-state index in [0.717, 1.165) is 29.8 Å². The first kappa shape index (κ1) is 25.9. The first-order valence-electron chi connectivity index (χ1n) is 12.5. The molecule has 36 heavy (non-hydrogen) atoms. The average molecular weight is 493 g/mol. The molecule has 2 heterocycles. The molecule has 1 N–H and O–H groups in total. The number of aliphatic hydroxyl groups is 1. The van der Waals surface area contributed by atoms with Crippen molar-refractivity contribution in [3.8, 4) is 5.75 Å². The number of carbonyl (C=O) groups is 2. The number of likely N-dealkylation sites (tertiary alicyclic amines) is 1. The van der Waals surface area contributed by atoms with Gasteiger partial charge in [-0.05, 0) is 47.2 Å². The highest BCUT2D eigenvalue weighted by atomic mass is 16.5. The second-order valence-corrected chi connectivity index (χ2v) is 10.5. The van der Waals surface area contributed by atoms with Crippen LogP contribution in [0.2, 0.25) is 0 Å². The molecule has 2 aromatic carbocycles. The minimum atomic E-state index is -0.665. The Hall–Kier alpha value is -3.16. The highest BCUT2D eigenvalue weighted by Gasteiger charge is 2.46. The van der Waals surface area contributed by atoms with Crippen molar-refractivity contribution in [2.24, 2.45) is 0 Å². The Kier molecular flexibility index (Phi) is 7.52. The standard InChI is InChI=1S/C29H36N2O5/c1-19-18-22(35-5)10-11-23(19)26(32)24-25(20-6-8-21(9-7-20)29(2,3)4)31(28(34)27(24)33)13-12-30-14-16-36-17-15-30/h6-11,18,25,32H,12-17H2,1-5H3/b26-24+/t25-/m0/s1. The number of amides is 1. The highest BCUT2D eigenvalue weighted by Crippen LogP contribution is 2.40. The van der Waals surface area contributed by atoms with Crippen LogP contribution in [0.5, 0.6) is 5.75 Å². The van der Waals surface area contributed by atoms with Gasteiger partial charge in [0, 0.05) is 31.7 Å². The van der Waals surface area contributed by atoms with Gasteiger partial charge < -0.3 is 19.5 Å². The van der Waals surface area contributed by atoms with E-state index in [4.69, 9.17) is 9.47 Å². The number of aliphatic hydroxyl groups excluding tert-OH is 1. The largest absolute Gasteiger partial charge is 0.507 e. The molecule has 7 nitrogen and oxygen atoms in total. The summed E-state index contributed by atoms with van der Waals surface area (Å²) in [5, 5.41) is 11.4. The lowest BCUT2D eigenvalue weighted by molar-refractivity contribution is -0.140. The fourth-order valence-corrected chi connectivity index (χ4v) is 4.87. The predicted molar refractivity (Wildman–Crippen MR) is 139 cm³/mol. The second kappa shape index (κ2) is 10.4. The number of benzene rings is 2. The second-order valence-electron chi connectivity index (χ2n) is 10.5. The number of ether oxygens (including phenoxy) is 2. The Morgan fingerprint density at radius 3 is 2.31 bits per heavy atom. The molecule has 7 heteroatoms. The molecular weight excluding hydrogens is 456 g/mol. The number of hydrogen-bond donors (Lipinski definition) is 1. The van der Waals surface area contributed by atoms with E-state index in [0.29, 0.717) is 37.6 Å². The minimum absolute atomic E-state index is 0.0309. The molecule has 1 atom stereocenters. The molecule has 0 aromatic heterocycles. The summed E-state index contributed by atoms with van der Waals surface area (Å²) in [5.41, 5.74) is 3.32. The summed E-state index contributed by atoms with van der Waals surface area (Å²) in [6, 6.07) is 12.6. The number of nitrogens with zero attached hydrogens (tertiary/aromatic N) is 2. The summed E-state index contributed by atoms with van der Waals surface area (Å²) in [5.74, 6) is -0.743. The average Bonchev–Trinajstić information content (AvgIpc) is 3.12. The molecular formula is C29H36N2O5. The highest BCUT2D eigenvalue weighted by molar-refractivity contribution is 6.46. The van der Waals surface area contributed by atoms with E-state index >= 15 is 0 Å².